The molecule has 0 saturated carbocycles. The van der Waals surface area contributed by atoms with E-state index < -0.39 is 11.7 Å². The van der Waals surface area contributed by atoms with Crippen LogP contribution >= 0.6 is 11.3 Å². The third kappa shape index (κ3) is 3.63. The lowest BCUT2D eigenvalue weighted by atomic mass is 10.1. The molecule has 20 heavy (non-hydrogen) atoms. The third-order valence-electron chi connectivity index (χ3n) is 2.43. The molecule has 2 aromatic rings. The summed E-state index contributed by atoms with van der Waals surface area (Å²) in [4.78, 5) is 16.7. The van der Waals surface area contributed by atoms with Gasteiger partial charge in [-0.1, -0.05) is 11.8 Å². The summed E-state index contributed by atoms with van der Waals surface area (Å²) in [5.41, 5.74) is 2.07. The van der Waals surface area contributed by atoms with Gasteiger partial charge in [-0.15, -0.1) is 11.3 Å². The van der Waals surface area contributed by atoms with Crippen molar-refractivity contribution in [3.63, 3.8) is 0 Å². The molecule has 1 aromatic heterocycles. The van der Waals surface area contributed by atoms with Gasteiger partial charge in [0.15, 0.2) is 0 Å². The first-order valence-electron chi connectivity index (χ1n) is 5.75. The zero-order valence-electron chi connectivity index (χ0n) is 10.4. The van der Waals surface area contributed by atoms with Gasteiger partial charge < -0.3 is 10.4 Å². The number of hydrogen-bond donors (Lipinski definition) is 2. The molecule has 1 aromatic carbocycles. The normalized spacial score (nSPS) is 9.70. The number of hydrogen-bond acceptors (Lipinski definition) is 4. The Labute approximate surface area is 119 Å². The van der Waals surface area contributed by atoms with E-state index in [1.807, 2.05) is 0 Å². The molecule has 2 N–H and O–H groups in total. The third-order valence-corrected chi connectivity index (χ3v) is 3.21. The largest absolute Gasteiger partial charge is 0.384 e. The number of aliphatic hydroxyl groups is 1. The molecule has 102 valence electrons. The van der Waals surface area contributed by atoms with Gasteiger partial charge in [0.1, 0.15) is 12.4 Å². The molecule has 0 aliphatic carbocycles. The lowest BCUT2D eigenvalue weighted by Gasteiger charge is -2.05. The van der Waals surface area contributed by atoms with Crippen LogP contribution in [0.3, 0.4) is 0 Å². The number of benzene rings is 1. The maximum absolute atomic E-state index is 13.6. The molecule has 0 fully saturated rings. The Morgan fingerprint density at radius 2 is 2.35 bits per heavy atom. The monoisotopic (exact) mass is 290 g/mol. The van der Waals surface area contributed by atoms with E-state index in [-0.39, 0.29) is 12.2 Å². The maximum Gasteiger partial charge on any atom is 0.254 e. The van der Waals surface area contributed by atoms with E-state index in [1.165, 1.54) is 29.5 Å². The van der Waals surface area contributed by atoms with Crippen LogP contribution in [0.25, 0.3) is 0 Å². The van der Waals surface area contributed by atoms with Gasteiger partial charge in [0, 0.05) is 16.6 Å². The van der Waals surface area contributed by atoms with Crippen LogP contribution < -0.4 is 5.32 Å². The predicted molar refractivity (Wildman–Crippen MR) is 73.6 cm³/mol. The minimum atomic E-state index is -0.610. The van der Waals surface area contributed by atoms with Crippen molar-refractivity contribution < 1.29 is 14.3 Å². The maximum atomic E-state index is 13.6. The molecule has 0 spiro atoms. The number of nitrogens with zero attached hydrogens (tertiary/aromatic N) is 1. The highest BCUT2D eigenvalue weighted by Gasteiger charge is 2.12. The Kier molecular flexibility index (Phi) is 4.82. The second kappa shape index (κ2) is 6.80. The van der Waals surface area contributed by atoms with E-state index in [0.29, 0.717) is 12.1 Å². The van der Waals surface area contributed by atoms with E-state index in [9.17, 15) is 9.18 Å². The summed E-state index contributed by atoms with van der Waals surface area (Å²) in [7, 11) is 0. The topological polar surface area (TPSA) is 62.2 Å². The lowest BCUT2D eigenvalue weighted by molar-refractivity contribution is 0.0947. The number of carbonyl (C=O) groups is 1. The highest BCUT2D eigenvalue weighted by atomic mass is 32.1. The molecule has 4 nitrogen and oxygen atoms in total. The van der Waals surface area contributed by atoms with Crippen molar-refractivity contribution in [2.45, 2.75) is 6.54 Å². The number of amides is 1. The summed E-state index contributed by atoms with van der Waals surface area (Å²) in [5.74, 6) is 3.96. The highest BCUT2D eigenvalue weighted by molar-refractivity contribution is 7.09. The SMILES string of the molecule is O=C(NCc1cncs1)c1cc(C#CCO)ccc1F. The van der Waals surface area contributed by atoms with Crippen molar-refractivity contribution in [3.8, 4) is 11.8 Å². The molecule has 1 amide bonds. The van der Waals surface area contributed by atoms with Gasteiger partial charge in [0.2, 0.25) is 0 Å². The molecule has 1 heterocycles. The van der Waals surface area contributed by atoms with Crippen LogP contribution in [0.1, 0.15) is 20.8 Å². The fraction of sp³-hybridized carbons (Fsp3) is 0.143. The average Bonchev–Trinajstić information content (AvgIpc) is 2.97. The second-order valence-electron chi connectivity index (χ2n) is 3.80. The molecule has 0 aliphatic rings. The number of carbonyl (C=O) groups excluding carboxylic acids is 1. The number of rotatable bonds is 3. The van der Waals surface area contributed by atoms with Gasteiger partial charge in [0.05, 0.1) is 17.6 Å². The van der Waals surface area contributed by atoms with Crippen molar-refractivity contribution in [3.05, 3.63) is 51.7 Å². The molecule has 2 rings (SSSR count). The molecule has 0 unspecified atom stereocenters. The summed E-state index contributed by atoms with van der Waals surface area (Å²) >= 11 is 1.41. The molecule has 0 bridgehead atoms. The fourth-order valence-corrected chi connectivity index (χ4v) is 2.05. The molecular weight excluding hydrogens is 279 g/mol. The Hall–Kier alpha value is -2.23. The minimum Gasteiger partial charge on any atom is -0.384 e. The first-order valence-corrected chi connectivity index (χ1v) is 6.63. The number of aromatic nitrogens is 1. The smallest absolute Gasteiger partial charge is 0.254 e. The molecular formula is C14H11FN2O2S. The van der Waals surface area contributed by atoms with E-state index in [1.54, 1.807) is 11.7 Å². The van der Waals surface area contributed by atoms with Crippen molar-refractivity contribution in [2.75, 3.05) is 6.61 Å². The van der Waals surface area contributed by atoms with Crippen molar-refractivity contribution >= 4 is 17.2 Å². The molecule has 6 heteroatoms. The summed E-state index contributed by atoms with van der Waals surface area (Å²) in [6.45, 7) is 0.0137. The molecule has 0 saturated heterocycles. The number of thiazole rings is 1. The molecule has 0 atom stereocenters. The van der Waals surface area contributed by atoms with Crippen molar-refractivity contribution in [1.82, 2.24) is 10.3 Å². The number of aliphatic hydroxyl groups excluding tert-OH is 1. The summed E-state index contributed by atoms with van der Waals surface area (Å²) in [5, 5.41) is 11.2. The van der Waals surface area contributed by atoms with Crippen molar-refractivity contribution in [2.24, 2.45) is 0 Å². The summed E-state index contributed by atoms with van der Waals surface area (Å²) in [6.07, 6.45) is 1.64. The Bertz CT molecular complexity index is 660. The van der Waals surface area contributed by atoms with Gasteiger partial charge in [-0.2, -0.15) is 0 Å². The first kappa shape index (κ1) is 14.2. The summed E-state index contributed by atoms with van der Waals surface area (Å²) in [6, 6.07) is 4.00. The molecule has 0 aliphatic heterocycles. The van der Waals surface area contributed by atoms with Crippen LogP contribution in [0.5, 0.6) is 0 Å². The number of nitrogens with one attached hydrogen (secondary N) is 1. The fourth-order valence-electron chi connectivity index (χ4n) is 1.51. The zero-order valence-corrected chi connectivity index (χ0v) is 11.2. The predicted octanol–water partition coefficient (Wildman–Crippen LogP) is 1.56. The van der Waals surface area contributed by atoms with Gasteiger partial charge in [-0.05, 0) is 18.2 Å². The van der Waals surface area contributed by atoms with Gasteiger partial charge in [-0.25, -0.2) is 4.39 Å². The second-order valence-corrected chi connectivity index (χ2v) is 4.78. The first-order chi connectivity index (χ1) is 9.70. The van der Waals surface area contributed by atoms with Crippen LogP contribution in [0.15, 0.2) is 29.9 Å². The minimum absolute atomic E-state index is 0.0701. The van der Waals surface area contributed by atoms with Gasteiger partial charge >= 0.3 is 0 Å². The Morgan fingerprint density at radius 3 is 3.05 bits per heavy atom. The summed E-state index contributed by atoms with van der Waals surface area (Å²) < 4.78 is 13.6. The molecule has 0 radical (unpaired) electrons. The van der Waals surface area contributed by atoms with Crippen LogP contribution in [0.2, 0.25) is 0 Å². The Balaban J connectivity index is 2.12. The van der Waals surface area contributed by atoms with Crippen molar-refractivity contribution in [1.29, 1.82) is 0 Å². The van der Waals surface area contributed by atoms with Crippen LogP contribution in [-0.4, -0.2) is 22.6 Å². The van der Waals surface area contributed by atoms with Gasteiger partial charge in [-0.3, -0.25) is 9.78 Å². The highest BCUT2D eigenvalue weighted by Crippen LogP contribution is 2.11. The van der Waals surface area contributed by atoms with E-state index in [0.717, 1.165) is 4.88 Å². The van der Waals surface area contributed by atoms with E-state index >= 15 is 0 Å². The van der Waals surface area contributed by atoms with Gasteiger partial charge in [0.25, 0.3) is 5.91 Å². The lowest BCUT2D eigenvalue weighted by Crippen LogP contribution is -2.23. The van der Waals surface area contributed by atoms with Crippen LogP contribution in [-0.2, 0) is 6.54 Å². The Morgan fingerprint density at radius 1 is 1.50 bits per heavy atom. The van der Waals surface area contributed by atoms with Crippen LogP contribution in [0.4, 0.5) is 4.39 Å². The number of halogens is 1. The average molecular weight is 290 g/mol. The van der Waals surface area contributed by atoms with Crippen LogP contribution in [0, 0.1) is 17.7 Å². The zero-order chi connectivity index (χ0) is 14.4. The van der Waals surface area contributed by atoms with E-state index in [2.05, 4.69) is 22.1 Å². The standard InChI is InChI=1S/C14H11FN2O2S/c15-13-4-3-10(2-1-5-18)6-12(13)14(19)17-8-11-7-16-9-20-11/h3-4,6-7,9,18H,5,8H2,(H,17,19). The van der Waals surface area contributed by atoms with E-state index in [4.69, 9.17) is 5.11 Å². The quantitative estimate of drug-likeness (QED) is 0.843.